The van der Waals surface area contributed by atoms with Gasteiger partial charge in [-0.25, -0.2) is 0 Å². The number of carbonyl (C=O) groups excluding carboxylic acids is 2. The number of carbonyl (C=O) groups is 2. The van der Waals surface area contributed by atoms with Crippen molar-refractivity contribution < 1.29 is 14.3 Å². The Hall–Kier alpha value is -3.08. The zero-order chi connectivity index (χ0) is 22.4. The summed E-state index contributed by atoms with van der Waals surface area (Å²) in [6, 6.07) is 15.8. The highest BCUT2D eigenvalue weighted by atomic mass is 16.5. The van der Waals surface area contributed by atoms with Crippen LogP contribution in [0.15, 0.2) is 54.6 Å². The number of nitrogens with zero attached hydrogens (tertiary/aromatic N) is 2. The smallest absolute Gasteiger partial charge is 0.260 e. The van der Waals surface area contributed by atoms with Crippen molar-refractivity contribution in [3.8, 4) is 5.75 Å². The van der Waals surface area contributed by atoms with E-state index in [1.54, 1.807) is 15.9 Å². The maximum absolute atomic E-state index is 12.7. The monoisotopic (exact) mass is 420 g/mol. The number of amides is 2. The second-order valence-corrected chi connectivity index (χ2v) is 8.99. The van der Waals surface area contributed by atoms with Gasteiger partial charge in [0.15, 0.2) is 6.61 Å². The van der Waals surface area contributed by atoms with Gasteiger partial charge in [0.05, 0.1) is 0 Å². The van der Waals surface area contributed by atoms with Crippen molar-refractivity contribution in [1.82, 2.24) is 9.80 Å². The van der Waals surface area contributed by atoms with Crippen LogP contribution in [0.4, 0.5) is 0 Å². The van der Waals surface area contributed by atoms with Crippen molar-refractivity contribution >= 4 is 17.9 Å². The molecule has 5 nitrogen and oxygen atoms in total. The van der Waals surface area contributed by atoms with Gasteiger partial charge in [-0.3, -0.25) is 9.59 Å². The third kappa shape index (κ3) is 6.20. The van der Waals surface area contributed by atoms with Gasteiger partial charge in [0.25, 0.3) is 5.91 Å². The van der Waals surface area contributed by atoms with Crippen molar-refractivity contribution in [3.63, 3.8) is 0 Å². The van der Waals surface area contributed by atoms with Crippen LogP contribution in [0.5, 0.6) is 5.75 Å². The second-order valence-electron chi connectivity index (χ2n) is 8.99. The van der Waals surface area contributed by atoms with E-state index in [0.29, 0.717) is 26.2 Å². The van der Waals surface area contributed by atoms with Crippen molar-refractivity contribution in [2.45, 2.75) is 33.1 Å². The summed E-state index contributed by atoms with van der Waals surface area (Å²) < 4.78 is 5.91. The number of ether oxygens (including phenoxy) is 1. The van der Waals surface area contributed by atoms with E-state index in [-0.39, 0.29) is 23.8 Å². The van der Waals surface area contributed by atoms with Crippen LogP contribution < -0.4 is 4.74 Å². The van der Waals surface area contributed by atoms with E-state index in [2.05, 4.69) is 33.8 Å². The molecule has 5 heteroatoms. The van der Waals surface area contributed by atoms with Gasteiger partial charge < -0.3 is 14.5 Å². The number of benzene rings is 2. The molecule has 1 saturated heterocycles. The quantitative estimate of drug-likeness (QED) is 0.686. The highest BCUT2D eigenvalue weighted by Crippen LogP contribution is 2.32. The molecule has 0 aliphatic carbocycles. The Morgan fingerprint density at radius 3 is 2.26 bits per heavy atom. The molecule has 1 heterocycles. The van der Waals surface area contributed by atoms with Crippen molar-refractivity contribution in [2.75, 3.05) is 32.8 Å². The molecule has 2 amide bonds. The van der Waals surface area contributed by atoms with Crippen LogP contribution in [0.1, 0.15) is 37.5 Å². The molecule has 0 radical (unpaired) electrons. The lowest BCUT2D eigenvalue weighted by molar-refractivity contribution is -0.138. The summed E-state index contributed by atoms with van der Waals surface area (Å²) in [5, 5.41) is 0. The van der Waals surface area contributed by atoms with Gasteiger partial charge in [0, 0.05) is 32.3 Å². The number of aryl methyl sites for hydroxylation is 1. The zero-order valence-electron chi connectivity index (χ0n) is 18.9. The molecular formula is C26H32N2O3. The van der Waals surface area contributed by atoms with Crippen LogP contribution in [0.2, 0.25) is 0 Å². The first-order valence-electron chi connectivity index (χ1n) is 10.8. The Balaban J connectivity index is 1.51. The molecule has 3 rings (SSSR count). The molecule has 164 valence electrons. The number of hydrogen-bond acceptors (Lipinski definition) is 3. The lowest BCUT2D eigenvalue weighted by Crippen LogP contribution is -2.51. The number of piperazine rings is 1. The highest BCUT2D eigenvalue weighted by Gasteiger charge is 2.24. The minimum Gasteiger partial charge on any atom is -0.483 e. The van der Waals surface area contributed by atoms with E-state index in [1.807, 2.05) is 48.5 Å². The van der Waals surface area contributed by atoms with Gasteiger partial charge >= 0.3 is 0 Å². The summed E-state index contributed by atoms with van der Waals surface area (Å²) >= 11 is 0. The highest BCUT2D eigenvalue weighted by molar-refractivity contribution is 5.92. The molecule has 0 spiro atoms. The fourth-order valence-electron chi connectivity index (χ4n) is 3.60. The molecule has 31 heavy (non-hydrogen) atoms. The molecule has 0 N–H and O–H groups in total. The molecule has 0 atom stereocenters. The summed E-state index contributed by atoms with van der Waals surface area (Å²) in [6.07, 6.45) is 3.42. The van der Waals surface area contributed by atoms with E-state index in [0.717, 1.165) is 16.9 Å². The fraction of sp³-hybridized carbons (Fsp3) is 0.385. The van der Waals surface area contributed by atoms with Crippen LogP contribution in [-0.4, -0.2) is 54.4 Å². The minimum atomic E-state index is -0.0658. The largest absolute Gasteiger partial charge is 0.483 e. The van der Waals surface area contributed by atoms with Gasteiger partial charge in [-0.2, -0.15) is 0 Å². The summed E-state index contributed by atoms with van der Waals surface area (Å²) in [5.41, 5.74) is 3.20. The molecule has 2 aromatic carbocycles. The van der Waals surface area contributed by atoms with Gasteiger partial charge in [0.2, 0.25) is 5.91 Å². The third-order valence-corrected chi connectivity index (χ3v) is 5.46. The van der Waals surface area contributed by atoms with E-state index in [1.165, 1.54) is 5.56 Å². The normalized spacial score (nSPS) is 14.7. The molecule has 0 aromatic heterocycles. The number of rotatable bonds is 5. The first kappa shape index (κ1) is 22.6. The van der Waals surface area contributed by atoms with E-state index < -0.39 is 0 Å². The predicted octanol–water partition coefficient (Wildman–Crippen LogP) is 4.06. The van der Waals surface area contributed by atoms with Gasteiger partial charge in [-0.05, 0) is 35.6 Å². The van der Waals surface area contributed by atoms with Crippen LogP contribution in [0.3, 0.4) is 0 Å². The van der Waals surface area contributed by atoms with Gasteiger partial charge in [-0.15, -0.1) is 0 Å². The van der Waals surface area contributed by atoms with Crippen molar-refractivity contribution in [2.24, 2.45) is 0 Å². The van der Waals surface area contributed by atoms with Gasteiger partial charge in [0.1, 0.15) is 5.75 Å². The van der Waals surface area contributed by atoms with Crippen molar-refractivity contribution in [3.05, 3.63) is 71.3 Å². The summed E-state index contributed by atoms with van der Waals surface area (Å²) in [5.74, 6) is 0.681. The van der Waals surface area contributed by atoms with E-state index in [9.17, 15) is 9.59 Å². The first-order valence-corrected chi connectivity index (χ1v) is 10.8. The Morgan fingerprint density at radius 1 is 0.968 bits per heavy atom. The topological polar surface area (TPSA) is 49.9 Å². The fourth-order valence-corrected chi connectivity index (χ4v) is 3.60. The van der Waals surface area contributed by atoms with Crippen LogP contribution in [-0.2, 0) is 15.0 Å². The first-order chi connectivity index (χ1) is 14.7. The zero-order valence-corrected chi connectivity index (χ0v) is 18.9. The SMILES string of the molecule is Cc1ccc(OCC(=O)N2CCN(C(=O)/C=C/c3ccccc3)CC2)c(C(C)(C)C)c1. The average molecular weight is 421 g/mol. The lowest BCUT2D eigenvalue weighted by atomic mass is 9.85. The average Bonchev–Trinajstić information content (AvgIpc) is 2.76. The Labute approximate surface area is 185 Å². The molecule has 0 bridgehead atoms. The van der Waals surface area contributed by atoms with Crippen LogP contribution in [0.25, 0.3) is 6.08 Å². The molecule has 1 aliphatic rings. The Bertz CT molecular complexity index is 937. The Morgan fingerprint density at radius 2 is 1.61 bits per heavy atom. The van der Waals surface area contributed by atoms with E-state index >= 15 is 0 Å². The molecule has 1 fully saturated rings. The third-order valence-electron chi connectivity index (χ3n) is 5.46. The predicted molar refractivity (Wildman–Crippen MR) is 124 cm³/mol. The maximum atomic E-state index is 12.7. The van der Waals surface area contributed by atoms with Crippen molar-refractivity contribution in [1.29, 1.82) is 0 Å². The molecule has 2 aromatic rings. The molecular weight excluding hydrogens is 388 g/mol. The summed E-state index contributed by atoms with van der Waals surface area (Å²) in [4.78, 5) is 28.7. The second kappa shape index (κ2) is 9.82. The summed E-state index contributed by atoms with van der Waals surface area (Å²) in [7, 11) is 0. The Kier molecular flexibility index (Phi) is 7.16. The molecule has 1 aliphatic heterocycles. The van der Waals surface area contributed by atoms with Gasteiger partial charge in [-0.1, -0.05) is 68.8 Å². The summed E-state index contributed by atoms with van der Waals surface area (Å²) in [6.45, 7) is 10.6. The maximum Gasteiger partial charge on any atom is 0.260 e. The lowest BCUT2D eigenvalue weighted by Gasteiger charge is -2.34. The molecule has 0 saturated carbocycles. The standard InChI is InChI=1S/C26H32N2O3/c1-20-10-12-23(22(18-20)26(2,3)4)31-19-25(30)28-16-14-27(15-17-28)24(29)13-11-21-8-6-5-7-9-21/h5-13,18H,14-17,19H2,1-4H3/b13-11+. The van der Waals surface area contributed by atoms with E-state index in [4.69, 9.17) is 4.74 Å². The number of hydrogen-bond donors (Lipinski definition) is 0. The molecule has 0 unspecified atom stereocenters. The minimum absolute atomic E-state index is 0.00793. The van der Waals surface area contributed by atoms with Crippen LogP contribution >= 0.6 is 0 Å². The van der Waals surface area contributed by atoms with Crippen LogP contribution in [0, 0.1) is 6.92 Å².